The summed E-state index contributed by atoms with van der Waals surface area (Å²) in [6.45, 7) is -0.484. The van der Waals surface area contributed by atoms with Crippen LogP contribution < -0.4 is 4.72 Å². The van der Waals surface area contributed by atoms with E-state index in [2.05, 4.69) is 4.72 Å². The topological polar surface area (TPSA) is 107 Å². The first-order chi connectivity index (χ1) is 6.40. The molecule has 0 aliphatic rings. The Morgan fingerprint density at radius 2 is 2.07 bits per heavy atom. The van der Waals surface area contributed by atoms with Crippen LogP contribution in [0.5, 0.6) is 0 Å². The fraction of sp³-hybridized carbons (Fsp3) is 0.833. The molecule has 0 saturated carbocycles. The molecule has 0 aromatic heterocycles. The number of hydrogen-bond acceptors (Lipinski definition) is 4. The maximum atomic E-state index is 11.2. The zero-order chi connectivity index (χ0) is 11.2. The monoisotopic (exact) mass is 226 g/mol. The van der Waals surface area contributed by atoms with Gasteiger partial charge in [0.15, 0.2) is 0 Å². The molecule has 0 spiro atoms. The van der Waals surface area contributed by atoms with E-state index in [1.54, 1.807) is 0 Å². The van der Waals surface area contributed by atoms with Crippen LogP contribution in [0.4, 0.5) is 0 Å². The van der Waals surface area contributed by atoms with Crippen molar-refractivity contribution in [3.8, 4) is 0 Å². The van der Waals surface area contributed by atoms with Gasteiger partial charge < -0.3 is 10.2 Å². The smallest absolute Gasteiger partial charge is 0.304 e. The van der Waals surface area contributed by atoms with Gasteiger partial charge in [-0.1, -0.05) is 0 Å². The summed E-state index contributed by atoms with van der Waals surface area (Å²) in [6.07, 6.45) is -0.253. The number of aliphatic hydroxyl groups excluding tert-OH is 1. The number of carboxylic acids is 1. The first-order valence-electron chi connectivity index (χ1n) is 3.93. The van der Waals surface area contributed by atoms with Gasteiger partial charge >= 0.3 is 5.97 Å². The molecule has 84 valence electrons. The second kappa shape index (κ2) is 5.91. The molecule has 0 heterocycles. The van der Waals surface area contributed by atoms with Crippen LogP contribution in [-0.2, 0) is 15.0 Å². The minimum Gasteiger partial charge on any atom is -0.481 e. The molecule has 14 heavy (non-hydrogen) atoms. The predicted molar refractivity (Wildman–Crippen MR) is 48.9 cm³/mol. The molecule has 0 rings (SSSR count). The van der Waals surface area contributed by atoms with Gasteiger partial charge in [-0.05, 0) is 0 Å². The average molecular weight is 226 g/mol. The summed E-state index contributed by atoms with van der Waals surface area (Å²) in [6, 6.07) is 0. The molecule has 0 bridgehead atoms. The SMILES string of the molecule is CN(CCC(=O)O)S(=O)(=O)NCCO. The Bertz CT molecular complexity index is 276. The third-order valence-corrected chi connectivity index (χ3v) is 3.02. The zero-order valence-electron chi connectivity index (χ0n) is 7.80. The van der Waals surface area contributed by atoms with E-state index in [4.69, 9.17) is 10.2 Å². The number of hydrogen-bond donors (Lipinski definition) is 3. The maximum Gasteiger partial charge on any atom is 0.304 e. The standard InChI is InChI=1S/C6H14N2O5S/c1-8(4-2-6(10)11)14(12,13)7-3-5-9/h7,9H,2-5H2,1H3,(H,10,11). The van der Waals surface area contributed by atoms with E-state index >= 15 is 0 Å². The number of nitrogens with one attached hydrogen (secondary N) is 1. The highest BCUT2D eigenvalue weighted by Gasteiger charge is 2.16. The van der Waals surface area contributed by atoms with Gasteiger partial charge in [-0.15, -0.1) is 0 Å². The first-order valence-corrected chi connectivity index (χ1v) is 5.37. The first kappa shape index (κ1) is 13.3. The molecule has 0 amide bonds. The second-order valence-corrected chi connectivity index (χ2v) is 4.45. The fourth-order valence-electron chi connectivity index (χ4n) is 0.658. The predicted octanol–water partition coefficient (Wildman–Crippen LogP) is -1.78. The summed E-state index contributed by atoms with van der Waals surface area (Å²) in [5, 5.41) is 16.7. The molecule has 8 heteroatoms. The van der Waals surface area contributed by atoms with Crippen LogP contribution in [0, 0.1) is 0 Å². The molecule has 0 saturated heterocycles. The zero-order valence-corrected chi connectivity index (χ0v) is 8.62. The van der Waals surface area contributed by atoms with Crippen molar-refractivity contribution in [2.24, 2.45) is 0 Å². The van der Waals surface area contributed by atoms with E-state index in [0.717, 1.165) is 4.31 Å². The van der Waals surface area contributed by atoms with Gasteiger partial charge in [0.1, 0.15) is 0 Å². The van der Waals surface area contributed by atoms with E-state index in [1.165, 1.54) is 7.05 Å². The Morgan fingerprint density at radius 1 is 1.50 bits per heavy atom. The molecule has 3 N–H and O–H groups in total. The highest BCUT2D eigenvalue weighted by Crippen LogP contribution is 1.94. The highest BCUT2D eigenvalue weighted by atomic mass is 32.2. The van der Waals surface area contributed by atoms with Crippen molar-refractivity contribution in [3.05, 3.63) is 0 Å². The van der Waals surface area contributed by atoms with Gasteiger partial charge in [0.25, 0.3) is 10.2 Å². The molecule has 0 aromatic carbocycles. The van der Waals surface area contributed by atoms with Crippen molar-refractivity contribution >= 4 is 16.2 Å². The van der Waals surface area contributed by atoms with Crippen LogP contribution in [-0.4, -0.2) is 55.6 Å². The molecule has 0 atom stereocenters. The van der Waals surface area contributed by atoms with Crippen LogP contribution in [0.1, 0.15) is 6.42 Å². The number of aliphatic hydroxyl groups is 1. The Labute approximate surface area is 82.5 Å². The molecular formula is C6H14N2O5S. The molecule has 0 aliphatic heterocycles. The van der Waals surface area contributed by atoms with Crippen LogP contribution in [0.3, 0.4) is 0 Å². The van der Waals surface area contributed by atoms with Gasteiger partial charge in [-0.25, -0.2) is 0 Å². The number of carbonyl (C=O) groups is 1. The van der Waals surface area contributed by atoms with Crippen molar-refractivity contribution in [1.29, 1.82) is 0 Å². The van der Waals surface area contributed by atoms with Gasteiger partial charge in [-0.3, -0.25) is 4.79 Å². The van der Waals surface area contributed by atoms with Crippen LogP contribution in [0.15, 0.2) is 0 Å². The normalized spacial score (nSPS) is 11.9. The van der Waals surface area contributed by atoms with Crippen molar-refractivity contribution in [3.63, 3.8) is 0 Å². The van der Waals surface area contributed by atoms with Gasteiger partial charge in [0.2, 0.25) is 0 Å². The number of rotatable bonds is 7. The van der Waals surface area contributed by atoms with E-state index < -0.39 is 16.2 Å². The lowest BCUT2D eigenvalue weighted by Crippen LogP contribution is -2.40. The Balaban J connectivity index is 4.08. The maximum absolute atomic E-state index is 11.2. The lowest BCUT2D eigenvalue weighted by Gasteiger charge is -2.15. The lowest BCUT2D eigenvalue weighted by molar-refractivity contribution is -0.137. The average Bonchev–Trinajstić information content (AvgIpc) is 2.10. The van der Waals surface area contributed by atoms with Crippen LogP contribution in [0.2, 0.25) is 0 Å². The Morgan fingerprint density at radius 3 is 2.50 bits per heavy atom. The second-order valence-electron chi connectivity index (χ2n) is 2.59. The van der Waals surface area contributed by atoms with E-state index in [9.17, 15) is 13.2 Å². The van der Waals surface area contributed by atoms with Gasteiger partial charge in [0, 0.05) is 20.1 Å². The third-order valence-electron chi connectivity index (χ3n) is 1.45. The largest absolute Gasteiger partial charge is 0.481 e. The summed E-state index contributed by atoms with van der Waals surface area (Å²) in [5.41, 5.74) is 0. The molecule has 0 aliphatic carbocycles. The van der Waals surface area contributed by atoms with E-state index in [0.29, 0.717) is 0 Å². The molecule has 0 unspecified atom stereocenters. The van der Waals surface area contributed by atoms with E-state index in [1.807, 2.05) is 0 Å². The minimum atomic E-state index is -3.66. The molecule has 0 radical (unpaired) electrons. The van der Waals surface area contributed by atoms with Gasteiger partial charge in [0.05, 0.1) is 13.0 Å². The molecular weight excluding hydrogens is 212 g/mol. The van der Waals surface area contributed by atoms with Crippen molar-refractivity contribution < 1.29 is 23.4 Å². The summed E-state index contributed by atoms with van der Waals surface area (Å²) in [4.78, 5) is 10.2. The molecule has 7 nitrogen and oxygen atoms in total. The summed E-state index contributed by atoms with van der Waals surface area (Å²) in [5.74, 6) is -1.06. The fourth-order valence-corrected chi connectivity index (χ4v) is 1.56. The number of aliphatic carboxylic acids is 1. The highest BCUT2D eigenvalue weighted by molar-refractivity contribution is 7.87. The Hall–Kier alpha value is -0.700. The summed E-state index contributed by atoms with van der Waals surface area (Å²) < 4.78 is 25.4. The minimum absolute atomic E-state index is 0.0836. The van der Waals surface area contributed by atoms with Crippen molar-refractivity contribution in [2.75, 3.05) is 26.7 Å². The number of nitrogens with zero attached hydrogens (tertiary/aromatic N) is 1. The number of carboxylic acid groups (broad SMARTS) is 1. The summed E-state index contributed by atoms with van der Waals surface area (Å²) >= 11 is 0. The summed E-state index contributed by atoms with van der Waals surface area (Å²) in [7, 11) is -2.39. The van der Waals surface area contributed by atoms with Crippen molar-refractivity contribution in [2.45, 2.75) is 6.42 Å². The van der Waals surface area contributed by atoms with Crippen LogP contribution >= 0.6 is 0 Å². The third kappa shape index (κ3) is 5.12. The quantitative estimate of drug-likeness (QED) is 0.475. The Kier molecular flexibility index (Phi) is 5.62. The van der Waals surface area contributed by atoms with Gasteiger partial charge in [-0.2, -0.15) is 17.4 Å². The van der Waals surface area contributed by atoms with Crippen LogP contribution in [0.25, 0.3) is 0 Å². The molecule has 0 fully saturated rings. The van der Waals surface area contributed by atoms with E-state index in [-0.39, 0.29) is 26.1 Å². The lowest BCUT2D eigenvalue weighted by atomic mass is 10.4. The van der Waals surface area contributed by atoms with Crippen molar-refractivity contribution in [1.82, 2.24) is 9.03 Å². The molecule has 0 aromatic rings.